The van der Waals surface area contributed by atoms with E-state index >= 15 is 0 Å². The van der Waals surface area contributed by atoms with E-state index in [1.807, 2.05) is 32.0 Å². The molecule has 0 saturated carbocycles. The number of anilines is 1. The summed E-state index contributed by atoms with van der Waals surface area (Å²) in [6.07, 6.45) is 7.65. The Kier molecular flexibility index (Phi) is 8.23. The molecule has 9 heteroatoms. The maximum Gasteiger partial charge on any atom is 0.274 e. The highest BCUT2D eigenvalue weighted by Crippen LogP contribution is 2.40. The summed E-state index contributed by atoms with van der Waals surface area (Å²) in [5, 5.41) is 15.2. The van der Waals surface area contributed by atoms with Gasteiger partial charge in [0, 0.05) is 28.4 Å². The number of aryl methyl sites for hydroxylation is 3. The van der Waals surface area contributed by atoms with Crippen molar-refractivity contribution >= 4 is 39.8 Å². The molecular formula is C28H31N3O5S. The molecule has 4 rings (SSSR count). The Hall–Kier alpha value is -3.72. The summed E-state index contributed by atoms with van der Waals surface area (Å²) in [6.45, 7) is 3.96. The zero-order chi connectivity index (χ0) is 26.5. The van der Waals surface area contributed by atoms with E-state index in [9.17, 15) is 14.9 Å². The van der Waals surface area contributed by atoms with Crippen LogP contribution in [-0.2, 0) is 12.8 Å². The van der Waals surface area contributed by atoms with Gasteiger partial charge in [0.15, 0.2) is 11.5 Å². The molecule has 0 unspecified atom stereocenters. The highest BCUT2D eigenvalue weighted by molar-refractivity contribution is 7.16. The van der Waals surface area contributed by atoms with Crippen LogP contribution in [0.5, 0.6) is 11.5 Å². The number of benzene rings is 2. The quantitative estimate of drug-likeness (QED) is 0.206. The third kappa shape index (κ3) is 5.83. The minimum absolute atomic E-state index is 0.134. The molecule has 0 saturated heterocycles. The number of fused-ring (bicyclic) bond motifs is 1. The van der Waals surface area contributed by atoms with Crippen LogP contribution >= 0.6 is 11.3 Å². The number of rotatable bonds is 7. The Balaban J connectivity index is 1.80. The van der Waals surface area contributed by atoms with Gasteiger partial charge in [0.25, 0.3) is 11.6 Å². The Morgan fingerprint density at radius 1 is 1.08 bits per heavy atom. The minimum atomic E-state index is -0.487. The van der Waals surface area contributed by atoms with Crippen molar-refractivity contribution in [3.63, 3.8) is 0 Å². The number of nitrogens with one attached hydrogen (secondary N) is 1. The Morgan fingerprint density at radius 3 is 2.54 bits per heavy atom. The third-order valence-corrected chi connectivity index (χ3v) is 7.74. The van der Waals surface area contributed by atoms with Gasteiger partial charge in [-0.3, -0.25) is 14.9 Å². The number of nitrogens with zero attached hydrogens (tertiary/aromatic N) is 2. The number of amides is 1. The van der Waals surface area contributed by atoms with Crippen LogP contribution in [0.2, 0.25) is 0 Å². The van der Waals surface area contributed by atoms with E-state index in [0.29, 0.717) is 21.9 Å². The number of thiophene rings is 1. The predicted octanol–water partition coefficient (Wildman–Crippen LogP) is 6.95. The molecule has 37 heavy (non-hydrogen) atoms. The molecule has 3 aromatic rings. The van der Waals surface area contributed by atoms with Crippen molar-refractivity contribution in [3.8, 4) is 11.5 Å². The first-order valence-electron chi connectivity index (χ1n) is 12.3. The lowest BCUT2D eigenvalue weighted by atomic mass is 9.96. The van der Waals surface area contributed by atoms with Crippen molar-refractivity contribution in [3.05, 3.63) is 73.1 Å². The molecular weight excluding hydrogens is 490 g/mol. The van der Waals surface area contributed by atoms with Crippen LogP contribution in [0.4, 0.5) is 16.4 Å². The zero-order valence-electron chi connectivity index (χ0n) is 21.6. The van der Waals surface area contributed by atoms with Gasteiger partial charge >= 0.3 is 0 Å². The monoisotopic (exact) mass is 521 g/mol. The third-order valence-electron chi connectivity index (χ3n) is 6.55. The van der Waals surface area contributed by atoms with Crippen LogP contribution in [0.25, 0.3) is 0 Å². The molecule has 1 aliphatic carbocycles. The standard InChI is InChI=1S/C28H31N3O5S/c1-17-11-12-18(2)22(13-17)30-27(32)25-21-9-7-5-6-8-10-24(21)37-28(25)29-16-19-14-20(31(33)34)15-23(35-3)26(19)36-4/h11-16H,5-10H2,1-4H3,(H,30,32). The number of hydrogen-bond acceptors (Lipinski definition) is 7. The van der Waals surface area contributed by atoms with Gasteiger partial charge in [-0.05, 0) is 62.3 Å². The molecule has 2 aromatic carbocycles. The number of carbonyl (C=O) groups is 1. The van der Waals surface area contributed by atoms with Crippen molar-refractivity contribution in [2.24, 2.45) is 4.99 Å². The zero-order valence-corrected chi connectivity index (χ0v) is 22.4. The van der Waals surface area contributed by atoms with Gasteiger partial charge in [-0.2, -0.15) is 0 Å². The topological polar surface area (TPSA) is 103 Å². The first kappa shape index (κ1) is 26.3. The molecule has 0 spiro atoms. The van der Waals surface area contributed by atoms with E-state index in [1.54, 1.807) is 0 Å². The molecule has 1 aliphatic rings. The predicted molar refractivity (Wildman–Crippen MR) is 148 cm³/mol. The van der Waals surface area contributed by atoms with Crippen LogP contribution in [0.15, 0.2) is 35.3 Å². The lowest BCUT2D eigenvalue weighted by molar-refractivity contribution is -0.385. The number of non-ortho nitro benzene ring substituents is 1. The van der Waals surface area contributed by atoms with Crippen LogP contribution in [0.3, 0.4) is 0 Å². The lowest BCUT2D eigenvalue weighted by Crippen LogP contribution is -2.15. The maximum absolute atomic E-state index is 13.7. The average Bonchev–Trinajstić information content (AvgIpc) is 3.20. The highest BCUT2D eigenvalue weighted by Gasteiger charge is 2.25. The highest BCUT2D eigenvalue weighted by atomic mass is 32.1. The second-order valence-electron chi connectivity index (χ2n) is 9.16. The van der Waals surface area contributed by atoms with Gasteiger partial charge in [0.05, 0.1) is 30.8 Å². The summed E-state index contributed by atoms with van der Waals surface area (Å²) < 4.78 is 10.8. The fourth-order valence-electron chi connectivity index (χ4n) is 4.59. The van der Waals surface area contributed by atoms with Gasteiger partial charge < -0.3 is 14.8 Å². The first-order chi connectivity index (χ1) is 17.8. The van der Waals surface area contributed by atoms with Crippen molar-refractivity contribution in [1.29, 1.82) is 0 Å². The normalized spacial score (nSPS) is 13.5. The Morgan fingerprint density at radius 2 is 1.84 bits per heavy atom. The van der Waals surface area contributed by atoms with Crippen LogP contribution in [0.1, 0.15) is 63.2 Å². The number of ether oxygens (including phenoxy) is 2. The molecule has 1 N–H and O–H groups in total. The van der Waals surface area contributed by atoms with Gasteiger partial charge in [-0.25, -0.2) is 4.99 Å². The summed E-state index contributed by atoms with van der Waals surface area (Å²) >= 11 is 1.52. The largest absolute Gasteiger partial charge is 0.493 e. The van der Waals surface area contributed by atoms with Crippen molar-refractivity contribution in [2.75, 3.05) is 19.5 Å². The number of nitro groups is 1. The number of hydrogen-bond donors (Lipinski definition) is 1. The van der Waals surface area contributed by atoms with E-state index in [-0.39, 0.29) is 17.3 Å². The Labute approximate surface area is 220 Å². The fourth-order valence-corrected chi connectivity index (χ4v) is 5.82. The molecule has 1 aromatic heterocycles. The first-order valence-corrected chi connectivity index (χ1v) is 13.1. The van der Waals surface area contributed by atoms with Crippen LogP contribution in [-0.4, -0.2) is 31.3 Å². The number of carbonyl (C=O) groups excluding carboxylic acids is 1. The van der Waals surface area contributed by atoms with Crippen molar-refractivity contribution in [2.45, 2.75) is 52.4 Å². The second kappa shape index (κ2) is 11.6. The molecule has 0 radical (unpaired) electrons. The summed E-state index contributed by atoms with van der Waals surface area (Å²) in [5.41, 5.74) is 4.72. The molecule has 0 fully saturated rings. The summed E-state index contributed by atoms with van der Waals surface area (Å²) in [5.74, 6) is 0.389. The SMILES string of the molecule is COc1cc([N+](=O)[O-])cc(C=Nc2sc3c(c2C(=O)Nc2cc(C)ccc2C)CCCCCC3)c1OC. The van der Waals surface area contributed by atoms with Gasteiger partial charge in [0.1, 0.15) is 5.00 Å². The van der Waals surface area contributed by atoms with Gasteiger partial charge in [-0.1, -0.05) is 25.0 Å². The Bertz CT molecular complexity index is 1360. The van der Waals surface area contributed by atoms with E-state index in [4.69, 9.17) is 14.5 Å². The maximum atomic E-state index is 13.7. The molecule has 0 bridgehead atoms. The van der Waals surface area contributed by atoms with E-state index < -0.39 is 4.92 Å². The van der Waals surface area contributed by atoms with Gasteiger partial charge in [0.2, 0.25) is 0 Å². The van der Waals surface area contributed by atoms with E-state index in [1.165, 1.54) is 55.2 Å². The van der Waals surface area contributed by atoms with E-state index in [0.717, 1.165) is 54.5 Å². The van der Waals surface area contributed by atoms with Crippen LogP contribution < -0.4 is 14.8 Å². The molecule has 1 amide bonds. The van der Waals surface area contributed by atoms with Crippen molar-refractivity contribution in [1.82, 2.24) is 0 Å². The van der Waals surface area contributed by atoms with Gasteiger partial charge in [-0.15, -0.1) is 11.3 Å². The van der Waals surface area contributed by atoms with Crippen molar-refractivity contribution < 1.29 is 19.2 Å². The number of methoxy groups -OCH3 is 2. The average molecular weight is 522 g/mol. The molecule has 1 heterocycles. The molecule has 194 valence electrons. The lowest BCUT2D eigenvalue weighted by Gasteiger charge is -2.13. The number of aliphatic imine (C=N–C) groups is 1. The fraction of sp³-hybridized carbons (Fsp3) is 0.357. The second-order valence-corrected chi connectivity index (χ2v) is 10.2. The van der Waals surface area contributed by atoms with Crippen LogP contribution in [0, 0.1) is 24.0 Å². The molecule has 0 aliphatic heterocycles. The summed E-state index contributed by atoms with van der Waals surface area (Å²) in [4.78, 5) is 30.6. The minimum Gasteiger partial charge on any atom is -0.493 e. The molecule has 0 atom stereocenters. The summed E-state index contributed by atoms with van der Waals surface area (Å²) in [7, 11) is 2.90. The molecule has 8 nitrogen and oxygen atoms in total. The number of nitro benzene ring substituents is 1. The van der Waals surface area contributed by atoms with E-state index in [2.05, 4.69) is 5.32 Å². The summed E-state index contributed by atoms with van der Waals surface area (Å²) in [6, 6.07) is 8.68. The smallest absolute Gasteiger partial charge is 0.274 e.